The fraction of sp³-hybridized carbons (Fsp3) is 0.600. The number of allylic oxidation sites excluding steroid dienone is 1. The van der Waals surface area contributed by atoms with Gasteiger partial charge in [0.2, 0.25) is 0 Å². The van der Waals surface area contributed by atoms with E-state index in [1.165, 1.54) is 6.42 Å². The van der Waals surface area contributed by atoms with E-state index in [0.717, 1.165) is 5.84 Å². The number of dihydropyridines is 1. The van der Waals surface area contributed by atoms with E-state index in [0.29, 0.717) is 0 Å². The number of aliphatic imine (C=N–C) groups is 1. The summed E-state index contributed by atoms with van der Waals surface area (Å²) < 4.78 is 0. The van der Waals surface area contributed by atoms with Gasteiger partial charge in [-0.25, -0.2) is 4.99 Å². The Kier molecular flexibility index (Phi) is 3.68. The van der Waals surface area contributed by atoms with Gasteiger partial charge in [0.25, 0.3) is 0 Å². The molecule has 2 unspecified atom stereocenters. The maximum Gasteiger partial charge on any atom is 0.178 e. The summed E-state index contributed by atoms with van der Waals surface area (Å²) in [7, 11) is 0. The smallest absolute Gasteiger partial charge is 0.178 e. The summed E-state index contributed by atoms with van der Waals surface area (Å²) in [6.45, 7) is 6.24. The molecule has 72 valence electrons. The van der Waals surface area contributed by atoms with Crippen LogP contribution in [0.2, 0.25) is 0 Å². The number of oxime groups is 1. The van der Waals surface area contributed by atoms with Crippen LogP contribution in [0, 0.1) is 5.92 Å². The summed E-state index contributed by atoms with van der Waals surface area (Å²) in [5.74, 6) is 1.08. The third kappa shape index (κ3) is 2.41. The molecule has 13 heavy (non-hydrogen) atoms. The summed E-state index contributed by atoms with van der Waals surface area (Å²) >= 11 is 0. The molecule has 0 spiro atoms. The zero-order chi connectivity index (χ0) is 9.68. The maximum absolute atomic E-state index is 5.02. The monoisotopic (exact) mass is 180 g/mol. The van der Waals surface area contributed by atoms with E-state index < -0.39 is 0 Å². The van der Waals surface area contributed by atoms with Crippen LogP contribution in [-0.2, 0) is 4.84 Å². The van der Waals surface area contributed by atoms with Crippen molar-refractivity contribution in [3.8, 4) is 0 Å². The van der Waals surface area contributed by atoms with Gasteiger partial charge in [-0.15, -0.1) is 0 Å². The van der Waals surface area contributed by atoms with Crippen molar-refractivity contribution in [3.63, 3.8) is 0 Å². The third-order valence-corrected chi connectivity index (χ3v) is 1.73. The molecule has 3 heteroatoms. The quantitative estimate of drug-likeness (QED) is 0.563. The van der Waals surface area contributed by atoms with Gasteiger partial charge < -0.3 is 4.84 Å². The minimum Gasteiger partial charge on any atom is -0.390 e. The van der Waals surface area contributed by atoms with E-state index in [1.54, 1.807) is 6.21 Å². The molecule has 0 aromatic carbocycles. The Morgan fingerprint density at radius 1 is 1.46 bits per heavy atom. The first kappa shape index (κ1) is 9.96. The highest BCUT2D eigenvalue weighted by Crippen LogP contribution is 2.21. The Hall–Kier alpha value is -1.12. The van der Waals surface area contributed by atoms with E-state index in [2.05, 4.69) is 30.1 Å². The summed E-state index contributed by atoms with van der Waals surface area (Å²) in [5.41, 5.74) is 0. The summed E-state index contributed by atoms with van der Waals surface area (Å²) in [4.78, 5) is 9.08. The van der Waals surface area contributed by atoms with Crippen LogP contribution in [0.4, 0.5) is 0 Å². The van der Waals surface area contributed by atoms with Gasteiger partial charge in [0.05, 0.1) is 5.92 Å². The highest BCUT2D eigenvalue weighted by Gasteiger charge is 2.28. The largest absolute Gasteiger partial charge is 0.390 e. The van der Waals surface area contributed by atoms with Crippen LogP contribution in [0.25, 0.3) is 0 Å². The zero-order valence-corrected chi connectivity index (χ0v) is 8.40. The van der Waals surface area contributed by atoms with E-state index in [4.69, 9.17) is 4.84 Å². The average Bonchev–Trinajstić information content (AvgIpc) is 2.50. The van der Waals surface area contributed by atoms with Crippen LogP contribution < -0.4 is 0 Å². The minimum absolute atomic E-state index is 0.156. The first-order valence-electron chi connectivity index (χ1n) is 4.74. The van der Waals surface area contributed by atoms with Crippen molar-refractivity contribution in [1.82, 2.24) is 0 Å². The van der Waals surface area contributed by atoms with Gasteiger partial charge in [0.1, 0.15) is 6.10 Å². The molecule has 0 aliphatic carbocycles. The molecule has 0 radical (unpaired) electrons. The van der Waals surface area contributed by atoms with Crippen molar-refractivity contribution < 1.29 is 4.84 Å². The molecule has 2 aliphatic rings. The van der Waals surface area contributed by atoms with Crippen LogP contribution >= 0.6 is 0 Å². The minimum atomic E-state index is 0.156. The first-order chi connectivity index (χ1) is 6.29. The highest BCUT2D eigenvalue weighted by molar-refractivity contribution is 5.98. The van der Waals surface area contributed by atoms with Crippen LogP contribution in [0.1, 0.15) is 27.2 Å². The Balaban J connectivity index is 0.000000251. The number of nitrogens with zero attached hydrogens (tertiary/aromatic N) is 2. The molecule has 2 aliphatic heterocycles. The van der Waals surface area contributed by atoms with E-state index >= 15 is 0 Å². The molecular weight excluding hydrogens is 164 g/mol. The molecule has 2 atom stereocenters. The SMILES string of the molecule is CC1ON=C2N=CC=CC21.CCC. The second kappa shape index (κ2) is 4.80. The first-order valence-corrected chi connectivity index (χ1v) is 4.74. The van der Waals surface area contributed by atoms with E-state index in [-0.39, 0.29) is 12.0 Å². The van der Waals surface area contributed by atoms with E-state index in [1.807, 2.05) is 13.0 Å². The number of amidine groups is 1. The number of hydrogen-bond donors (Lipinski definition) is 0. The molecule has 3 nitrogen and oxygen atoms in total. The Bertz CT molecular complexity index is 243. The number of rotatable bonds is 0. The third-order valence-electron chi connectivity index (χ3n) is 1.73. The normalized spacial score (nSPS) is 28.4. The molecule has 0 amide bonds. The molecule has 0 aromatic heterocycles. The van der Waals surface area contributed by atoms with Crippen molar-refractivity contribution >= 4 is 12.1 Å². The fourth-order valence-electron chi connectivity index (χ4n) is 1.11. The fourth-order valence-corrected chi connectivity index (χ4v) is 1.11. The lowest BCUT2D eigenvalue weighted by Crippen LogP contribution is -2.18. The van der Waals surface area contributed by atoms with Gasteiger partial charge in [0.15, 0.2) is 5.84 Å². The van der Waals surface area contributed by atoms with E-state index in [9.17, 15) is 0 Å². The Labute approximate surface area is 79.2 Å². The molecule has 2 heterocycles. The van der Waals surface area contributed by atoms with Crippen molar-refractivity contribution in [2.45, 2.75) is 33.3 Å². The molecule has 0 saturated carbocycles. The summed E-state index contributed by atoms with van der Waals surface area (Å²) in [6.07, 6.45) is 7.12. The van der Waals surface area contributed by atoms with Gasteiger partial charge >= 0.3 is 0 Å². The topological polar surface area (TPSA) is 34.0 Å². The van der Waals surface area contributed by atoms with Crippen molar-refractivity contribution in [3.05, 3.63) is 12.2 Å². The second-order valence-electron chi connectivity index (χ2n) is 3.16. The predicted octanol–water partition coefficient (Wildman–Crippen LogP) is 2.39. The van der Waals surface area contributed by atoms with Crippen molar-refractivity contribution in [2.75, 3.05) is 0 Å². The zero-order valence-electron chi connectivity index (χ0n) is 8.40. The van der Waals surface area contributed by atoms with Crippen LogP contribution in [-0.4, -0.2) is 18.2 Å². The lowest BCUT2D eigenvalue weighted by atomic mass is 10.0. The van der Waals surface area contributed by atoms with Crippen LogP contribution in [0.15, 0.2) is 22.3 Å². The molecule has 0 aromatic rings. The number of hydrogen-bond acceptors (Lipinski definition) is 3. The number of fused-ring (bicyclic) bond motifs is 1. The Morgan fingerprint density at radius 3 is 2.77 bits per heavy atom. The lowest BCUT2D eigenvalue weighted by molar-refractivity contribution is 0.0853. The summed E-state index contributed by atoms with van der Waals surface area (Å²) in [6, 6.07) is 0. The lowest BCUT2D eigenvalue weighted by Gasteiger charge is -2.08. The predicted molar refractivity (Wildman–Crippen MR) is 55.1 cm³/mol. The molecule has 0 N–H and O–H groups in total. The molecular formula is C10H16N2O. The van der Waals surface area contributed by atoms with Crippen molar-refractivity contribution in [2.24, 2.45) is 16.1 Å². The van der Waals surface area contributed by atoms with Gasteiger partial charge in [-0.1, -0.05) is 31.5 Å². The summed E-state index contributed by atoms with van der Waals surface area (Å²) in [5, 5.41) is 3.81. The molecule has 0 fully saturated rings. The molecule has 2 rings (SSSR count). The van der Waals surface area contributed by atoms with Crippen LogP contribution in [0.3, 0.4) is 0 Å². The molecule has 0 saturated heterocycles. The van der Waals surface area contributed by atoms with Gasteiger partial charge in [-0.05, 0) is 13.0 Å². The second-order valence-corrected chi connectivity index (χ2v) is 3.16. The van der Waals surface area contributed by atoms with Gasteiger partial charge in [-0.3, -0.25) is 0 Å². The van der Waals surface area contributed by atoms with Crippen LogP contribution in [0.5, 0.6) is 0 Å². The standard InChI is InChI=1S/C7H8N2O.C3H8/c1-5-6-3-2-4-8-7(6)9-10-5;1-3-2/h2-6H,1H3;3H2,1-2H3. The average molecular weight is 180 g/mol. The molecule has 0 bridgehead atoms. The Morgan fingerprint density at radius 2 is 2.15 bits per heavy atom. The van der Waals surface area contributed by atoms with Crippen molar-refractivity contribution in [1.29, 1.82) is 0 Å². The van der Waals surface area contributed by atoms with Gasteiger partial charge in [-0.2, -0.15) is 0 Å². The maximum atomic E-state index is 5.02. The highest BCUT2D eigenvalue weighted by atomic mass is 16.6. The van der Waals surface area contributed by atoms with Gasteiger partial charge in [0, 0.05) is 6.21 Å².